The van der Waals surface area contributed by atoms with Gasteiger partial charge in [0.15, 0.2) is 0 Å². The van der Waals surface area contributed by atoms with E-state index in [4.69, 9.17) is 0 Å². The van der Waals surface area contributed by atoms with E-state index in [1.807, 2.05) is 6.92 Å². The van der Waals surface area contributed by atoms with Crippen molar-refractivity contribution in [1.29, 1.82) is 0 Å². The maximum atomic E-state index is 13.1. The molecule has 0 radical (unpaired) electrons. The van der Waals surface area contributed by atoms with Gasteiger partial charge in [-0.05, 0) is 37.6 Å². The van der Waals surface area contributed by atoms with E-state index in [9.17, 15) is 19.2 Å². The summed E-state index contributed by atoms with van der Waals surface area (Å²) in [7, 11) is 0. The van der Waals surface area contributed by atoms with E-state index >= 15 is 0 Å². The maximum absolute atomic E-state index is 13.1. The molecular weight excluding hydrogens is 386 g/mol. The minimum Gasteiger partial charge on any atom is -0.315 e. The molecule has 1 fully saturated rings. The first-order valence-corrected chi connectivity index (χ1v) is 9.66. The number of nitrogens with one attached hydrogen (secondary N) is 2. The number of hydrazine groups is 1. The van der Waals surface area contributed by atoms with Gasteiger partial charge >= 0.3 is 0 Å². The van der Waals surface area contributed by atoms with Crippen LogP contribution in [0, 0.1) is 0 Å². The summed E-state index contributed by atoms with van der Waals surface area (Å²) in [4.78, 5) is 57.0. The lowest BCUT2D eigenvalue weighted by molar-refractivity contribution is -0.122. The number of hydrogen-bond donors (Lipinski definition) is 2. The molecule has 0 spiro atoms. The zero-order valence-electron chi connectivity index (χ0n) is 16.4. The van der Waals surface area contributed by atoms with E-state index in [0.29, 0.717) is 24.1 Å². The summed E-state index contributed by atoms with van der Waals surface area (Å²) in [6.45, 7) is 1.95. The van der Waals surface area contributed by atoms with Crippen LogP contribution in [0.5, 0.6) is 0 Å². The van der Waals surface area contributed by atoms with Gasteiger partial charge in [0.2, 0.25) is 11.8 Å². The number of aromatic nitrogens is 1. The molecule has 9 heteroatoms. The van der Waals surface area contributed by atoms with Crippen LogP contribution in [0.15, 0.2) is 48.7 Å². The molecule has 2 aliphatic rings. The van der Waals surface area contributed by atoms with Gasteiger partial charge in [-0.25, -0.2) is 0 Å². The number of fused-ring (bicyclic) bond motifs is 3. The highest BCUT2D eigenvalue weighted by Gasteiger charge is 2.52. The Hall–Kier alpha value is -3.75. The van der Waals surface area contributed by atoms with Crippen LogP contribution in [0.3, 0.4) is 0 Å². The van der Waals surface area contributed by atoms with Gasteiger partial charge in [-0.3, -0.25) is 39.9 Å². The van der Waals surface area contributed by atoms with Crippen LogP contribution in [-0.4, -0.2) is 45.7 Å². The average molecular weight is 407 g/mol. The molecular formula is C21H21N5O4. The van der Waals surface area contributed by atoms with Gasteiger partial charge in [-0.1, -0.05) is 18.2 Å². The zero-order valence-corrected chi connectivity index (χ0v) is 16.4. The van der Waals surface area contributed by atoms with E-state index in [0.717, 1.165) is 0 Å². The number of rotatable bonds is 4. The molecule has 2 aliphatic heterocycles. The van der Waals surface area contributed by atoms with E-state index in [2.05, 4.69) is 15.8 Å². The molecule has 1 atom stereocenters. The molecule has 0 unspecified atom stereocenters. The molecule has 3 heterocycles. The third-order valence-corrected chi connectivity index (χ3v) is 5.52. The molecule has 0 aliphatic carbocycles. The molecule has 2 N–H and O–H groups in total. The first-order valence-electron chi connectivity index (χ1n) is 9.66. The fraction of sp³-hybridized carbons (Fsp3) is 0.286. The van der Waals surface area contributed by atoms with E-state index < -0.39 is 17.5 Å². The smallest absolute Gasteiger partial charge is 0.288 e. The highest BCUT2D eigenvalue weighted by Crippen LogP contribution is 2.43. The largest absolute Gasteiger partial charge is 0.315 e. The van der Waals surface area contributed by atoms with Crippen molar-refractivity contribution in [1.82, 2.24) is 20.7 Å². The van der Waals surface area contributed by atoms with E-state index in [1.54, 1.807) is 46.2 Å². The van der Waals surface area contributed by atoms with E-state index in [-0.39, 0.29) is 30.5 Å². The minimum atomic E-state index is -0.819. The van der Waals surface area contributed by atoms with Gasteiger partial charge in [-0.2, -0.15) is 0 Å². The van der Waals surface area contributed by atoms with Gasteiger partial charge in [0.05, 0.1) is 11.3 Å². The summed E-state index contributed by atoms with van der Waals surface area (Å²) in [5.41, 5.74) is 5.05. The number of amides is 4. The number of hydrogen-bond acceptors (Lipinski definition) is 5. The number of carbonyl (C=O) groups excluding carboxylic acids is 4. The Morgan fingerprint density at radius 3 is 2.63 bits per heavy atom. The monoisotopic (exact) mass is 407 g/mol. The van der Waals surface area contributed by atoms with Crippen molar-refractivity contribution in [2.75, 3.05) is 11.4 Å². The predicted octanol–water partition coefficient (Wildman–Crippen LogP) is 1.23. The van der Waals surface area contributed by atoms with Crippen molar-refractivity contribution in [3.05, 3.63) is 59.9 Å². The van der Waals surface area contributed by atoms with Crippen LogP contribution in [0.1, 0.15) is 47.0 Å². The van der Waals surface area contributed by atoms with Crippen molar-refractivity contribution in [2.24, 2.45) is 0 Å². The highest BCUT2D eigenvalue weighted by molar-refractivity contribution is 6.10. The maximum Gasteiger partial charge on any atom is 0.288 e. The second-order valence-electron chi connectivity index (χ2n) is 7.39. The van der Waals surface area contributed by atoms with Crippen LogP contribution >= 0.6 is 0 Å². The number of benzene rings is 1. The predicted molar refractivity (Wildman–Crippen MR) is 107 cm³/mol. The van der Waals surface area contributed by atoms with Crippen LogP contribution in [-0.2, 0) is 9.59 Å². The first kappa shape index (κ1) is 19.6. The van der Waals surface area contributed by atoms with Crippen LogP contribution in [0.2, 0.25) is 0 Å². The number of carbonyl (C=O) groups is 4. The zero-order chi connectivity index (χ0) is 21.3. The third-order valence-electron chi connectivity index (χ3n) is 5.52. The molecule has 30 heavy (non-hydrogen) atoms. The Balaban J connectivity index is 1.44. The lowest BCUT2D eigenvalue weighted by Gasteiger charge is -2.48. The first-order chi connectivity index (χ1) is 14.4. The van der Waals surface area contributed by atoms with Gasteiger partial charge < -0.3 is 4.90 Å². The van der Waals surface area contributed by atoms with Gasteiger partial charge in [0.1, 0.15) is 11.4 Å². The molecule has 0 bridgehead atoms. The highest BCUT2D eigenvalue weighted by atomic mass is 16.2. The summed E-state index contributed by atoms with van der Waals surface area (Å²) < 4.78 is 0. The second-order valence-corrected chi connectivity index (χ2v) is 7.39. The standard InChI is InChI=1S/C21H21N5O4/c1-21-11-9-18(28)26(21)16-8-3-2-6-14(16)20(30)25(21)13-10-17(27)23-24-19(29)15-7-4-5-12-22-15/h2-8,12H,9-11,13H2,1H3,(H,23,27)(H,24,29)/t21-/m1/s1. The van der Waals surface area contributed by atoms with Crippen LogP contribution in [0.4, 0.5) is 5.69 Å². The SMILES string of the molecule is C[C@]12CCC(=O)N1c1ccccc1C(=O)N2CCC(=O)NNC(=O)c1ccccn1. The summed E-state index contributed by atoms with van der Waals surface area (Å²) in [5, 5.41) is 0. The van der Waals surface area contributed by atoms with Gasteiger partial charge in [0, 0.05) is 25.6 Å². The van der Waals surface area contributed by atoms with E-state index in [1.165, 1.54) is 12.3 Å². The fourth-order valence-electron chi connectivity index (χ4n) is 4.00. The Morgan fingerprint density at radius 1 is 1.10 bits per heavy atom. The molecule has 0 saturated carbocycles. The molecule has 2 aromatic rings. The normalized spacial score (nSPS) is 19.9. The summed E-state index contributed by atoms with van der Waals surface area (Å²) >= 11 is 0. The molecule has 4 rings (SSSR count). The molecule has 1 aromatic heterocycles. The van der Waals surface area contributed by atoms with Gasteiger partial charge in [-0.15, -0.1) is 0 Å². The molecule has 154 valence electrons. The topological polar surface area (TPSA) is 112 Å². The molecule has 9 nitrogen and oxygen atoms in total. The fourth-order valence-corrected chi connectivity index (χ4v) is 4.00. The Kier molecular flexibility index (Phi) is 4.94. The number of anilines is 1. The van der Waals surface area contributed by atoms with Crippen molar-refractivity contribution in [3.8, 4) is 0 Å². The van der Waals surface area contributed by atoms with Crippen molar-refractivity contribution in [2.45, 2.75) is 31.8 Å². The minimum absolute atomic E-state index is 0.0337. The molecule has 4 amide bonds. The lowest BCUT2D eigenvalue weighted by Crippen LogP contribution is -2.62. The van der Waals surface area contributed by atoms with Crippen molar-refractivity contribution < 1.29 is 19.2 Å². The average Bonchev–Trinajstić information content (AvgIpc) is 3.07. The number of nitrogens with zero attached hydrogens (tertiary/aromatic N) is 3. The van der Waals surface area contributed by atoms with Crippen LogP contribution < -0.4 is 15.8 Å². The Bertz CT molecular complexity index is 1030. The van der Waals surface area contributed by atoms with Crippen molar-refractivity contribution >= 4 is 29.3 Å². The second kappa shape index (κ2) is 7.58. The number of para-hydroxylation sites is 1. The van der Waals surface area contributed by atoms with Gasteiger partial charge in [0.25, 0.3) is 11.8 Å². The summed E-state index contributed by atoms with van der Waals surface area (Å²) in [6.07, 6.45) is 2.27. The third kappa shape index (κ3) is 3.28. The summed E-state index contributed by atoms with van der Waals surface area (Å²) in [5.74, 6) is -1.25. The summed E-state index contributed by atoms with van der Waals surface area (Å²) in [6, 6.07) is 11.9. The lowest BCUT2D eigenvalue weighted by atomic mass is 9.98. The molecule has 1 saturated heterocycles. The molecule has 1 aromatic carbocycles. The van der Waals surface area contributed by atoms with Crippen molar-refractivity contribution in [3.63, 3.8) is 0 Å². The number of pyridine rings is 1. The Labute approximate surface area is 173 Å². The van der Waals surface area contributed by atoms with Crippen LogP contribution in [0.25, 0.3) is 0 Å². The Morgan fingerprint density at radius 2 is 1.87 bits per heavy atom. The quantitative estimate of drug-likeness (QED) is 0.741.